The molecule has 1 fully saturated rings. The molecule has 0 spiro atoms. The van der Waals surface area contributed by atoms with Crippen LogP contribution in [0.1, 0.15) is 57.6 Å². The van der Waals surface area contributed by atoms with Crippen molar-refractivity contribution in [3.05, 3.63) is 34.6 Å². The van der Waals surface area contributed by atoms with Crippen LogP contribution in [-0.2, 0) is 9.59 Å². The predicted octanol–water partition coefficient (Wildman–Crippen LogP) is 3.76. The van der Waals surface area contributed by atoms with Gasteiger partial charge in [0.05, 0.1) is 0 Å². The van der Waals surface area contributed by atoms with Crippen molar-refractivity contribution in [1.82, 2.24) is 9.80 Å². The maximum absolute atomic E-state index is 15.1. The summed E-state index contributed by atoms with van der Waals surface area (Å²) in [5.41, 5.74) is 1.73. The Morgan fingerprint density at radius 2 is 1.72 bits per heavy atom. The van der Waals surface area contributed by atoms with Crippen LogP contribution in [0.2, 0.25) is 0 Å². The molecule has 2 heterocycles. The lowest BCUT2D eigenvalue weighted by molar-refractivity contribution is -0.134. The van der Waals surface area contributed by atoms with E-state index in [4.69, 9.17) is 0 Å². The van der Waals surface area contributed by atoms with Crippen LogP contribution >= 0.6 is 0 Å². The summed E-state index contributed by atoms with van der Waals surface area (Å²) in [6, 6.07) is 2.54. The number of anilines is 1. The van der Waals surface area contributed by atoms with Gasteiger partial charge in [-0.15, -0.1) is 0 Å². The highest BCUT2D eigenvalue weighted by Crippen LogP contribution is 2.44. The number of carbonyl (C=O) groups excluding carboxylic acids is 3. The van der Waals surface area contributed by atoms with E-state index in [2.05, 4.69) is 32.6 Å². The second kappa shape index (κ2) is 7.28. The van der Waals surface area contributed by atoms with E-state index in [1.165, 1.54) is 26.2 Å². The molecule has 0 saturated carbocycles. The van der Waals surface area contributed by atoms with Crippen molar-refractivity contribution in [3.63, 3.8) is 0 Å². The Hall–Kier alpha value is -2.70. The molecule has 0 aliphatic carbocycles. The zero-order valence-corrected chi connectivity index (χ0v) is 17.9. The number of barbiturate groups is 1. The minimum atomic E-state index is -0.725. The predicted molar refractivity (Wildman–Crippen MR) is 110 cm³/mol. The van der Waals surface area contributed by atoms with E-state index in [9.17, 15) is 14.4 Å². The third kappa shape index (κ3) is 3.43. The van der Waals surface area contributed by atoms with E-state index in [0.717, 1.165) is 40.4 Å². The van der Waals surface area contributed by atoms with E-state index >= 15 is 4.39 Å². The lowest BCUT2D eigenvalue weighted by atomic mass is 9.79. The molecule has 1 atom stereocenters. The van der Waals surface area contributed by atoms with E-state index in [0.29, 0.717) is 0 Å². The van der Waals surface area contributed by atoms with Crippen LogP contribution in [0.4, 0.5) is 14.9 Å². The van der Waals surface area contributed by atoms with Crippen molar-refractivity contribution in [2.45, 2.75) is 52.0 Å². The summed E-state index contributed by atoms with van der Waals surface area (Å²) in [6.45, 7) is 9.35. The van der Waals surface area contributed by atoms with Crippen LogP contribution in [0.15, 0.2) is 17.7 Å². The molecule has 2 aliphatic heterocycles. The first kappa shape index (κ1) is 21.0. The quantitative estimate of drug-likeness (QED) is 0.572. The first-order valence-corrected chi connectivity index (χ1v) is 9.92. The molecule has 7 heteroatoms. The topological polar surface area (TPSA) is 60.9 Å². The molecule has 29 heavy (non-hydrogen) atoms. The molecule has 4 amide bonds. The average Bonchev–Trinajstić information content (AvgIpc) is 2.65. The minimum Gasteiger partial charge on any atom is -0.366 e. The lowest BCUT2D eigenvalue weighted by Crippen LogP contribution is -2.52. The highest BCUT2D eigenvalue weighted by molar-refractivity contribution is 6.30. The van der Waals surface area contributed by atoms with Crippen molar-refractivity contribution in [3.8, 4) is 0 Å². The Morgan fingerprint density at radius 3 is 2.28 bits per heavy atom. The highest BCUT2D eigenvalue weighted by atomic mass is 19.1. The molecule has 156 valence electrons. The molecule has 1 saturated heterocycles. The molecule has 2 aliphatic rings. The molecular formula is C22H28FN3O3. The standard InChI is InChI=1S/C22H28FN3O3/c1-7-8-26-18-11-17(23)14(9-15(18)13(2)12-22(26,3)4)10-16-19(27)24(5)21(29)25(6)20(16)28/h9-11,13H,7-8,12H2,1-6H3. The molecule has 0 bridgehead atoms. The van der Waals surface area contributed by atoms with Gasteiger partial charge in [-0.1, -0.05) is 13.8 Å². The zero-order valence-electron chi connectivity index (χ0n) is 17.9. The number of fused-ring (bicyclic) bond motifs is 1. The van der Waals surface area contributed by atoms with Crippen LogP contribution in [0.5, 0.6) is 0 Å². The van der Waals surface area contributed by atoms with Crippen molar-refractivity contribution < 1.29 is 18.8 Å². The number of likely N-dealkylation sites (N-methyl/N-ethyl adjacent to an activating group) is 2. The van der Waals surface area contributed by atoms with Crippen LogP contribution in [-0.4, -0.2) is 53.8 Å². The van der Waals surface area contributed by atoms with Crippen LogP contribution in [0, 0.1) is 5.82 Å². The van der Waals surface area contributed by atoms with Gasteiger partial charge in [0.1, 0.15) is 11.4 Å². The van der Waals surface area contributed by atoms with Gasteiger partial charge in [-0.05, 0) is 56.4 Å². The van der Waals surface area contributed by atoms with Crippen molar-refractivity contribution in [1.29, 1.82) is 0 Å². The maximum atomic E-state index is 15.1. The fourth-order valence-electron chi connectivity index (χ4n) is 4.41. The average molecular weight is 401 g/mol. The Labute approximate surface area is 170 Å². The molecule has 6 nitrogen and oxygen atoms in total. The summed E-state index contributed by atoms with van der Waals surface area (Å²) in [5, 5.41) is 0. The van der Waals surface area contributed by atoms with Gasteiger partial charge in [0.15, 0.2) is 0 Å². The first-order valence-electron chi connectivity index (χ1n) is 9.92. The number of halogens is 1. The number of nitrogens with zero attached hydrogens (tertiary/aromatic N) is 3. The van der Waals surface area contributed by atoms with Crippen LogP contribution < -0.4 is 4.90 Å². The van der Waals surface area contributed by atoms with Crippen molar-refractivity contribution >= 4 is 29.6 Å². The Kier molecular flexibility index (Phi) is 5.28. The molecule has 0 radical (unpaired) electrons. The number of carbonyl (C=O) groups is 3. The van der Waals surface area contributed by atoms with E-state index in [1.807, 2.05) is 0 Å². The first-order chi connectivity index (χ1) is 13.5. The number of rotatable bonds is 3. The molecule has 1 unspecified atom stereocenters. The number of imide groups is 2. The van der Waals surface area contributed by atoms with Crippen molar-refractivity contribution in [2.75, 3.05) is 25.5 Å². The molecule has 0 aromatic heterocycles. The second-order valence-corrected chi connectivity index (χ2v) is 8.57. The molecular weight excluding hydrogens is 373 g/mol. The zero-order chi connectivity index (χ0) is 21.7. The van der Waals surface area contributed by atoms with E-state index < -0.39 is 23.7 Å². The molecule has 1 aromatic carbocycles. The van der Waals surface area contributed by atoms with E-state index in [-0.39, 0.29) is 22.6 Å². The minimum absolute atomic E-state index is 0.0874. The SMILES string of the molecule is CCCN1c2cc(F)c(C=C3C(=O)N(C)C(=O)N(C)C3=O)cc2C(C)CC1(C)C. The number of benzene rings is 1. The third-order valence-corrected chi connectivity index (χ3v) is 5.90. The summed E-state index contributed by atoms with van der Waals surface area (Å²) in [6.07, 6.45) is 3.12. The third-order valence-electron chi connectivity index (χ3n) is 5.90. The van der Waals surface area contributed by atoms with Gasteiger partial charge >= 0.3 is 6.03 Å². The summed E-state index contributed by atoms with van der Waals surface area (Å²) < 4.78 is 15.1. The fraction of sp³-hybridized carbons (Fsp3) is 0.500. The largest absolute Gasteiger partial charge is 0.366 e. The van der Waals surface area contributed by atoms with Crippen LogP contribution in [0.25, 0.3) is 6.08 Å². The van der Waals surface area contributed by atoms with Crippen molar-refractivity contribution in [2.24, 2.45) is 0 Å². The van der Waals surface area contributed by atoms with Gasteiger partial charge < -0.3 is 4.90 Å². The smallest absolute Gasteiger partial charge is 0.333 e. The summed E-state index contributed by atoms with van der Waals surface area (Å²) in [5.74, 6) is -1.74. The summed E-state index contributed by atoms with van der Waals surface area (Å²) in [4.78, 5) is 40.7. The Bertz CT molecular complexity index is 896. The number of hydrogen-bond acceptors (Lipinski definition) is 4. The summed E-state index contributed by atoms with van der Waals surface area (Å²) >= 11 is 0. The Balaban J connectivity index is 2.11. The lowest BCUT2D eigenvalue weighted by Gasteiger charge is -2.47. The van der Waals surface area contributed by atoms with Gasteiger partial charge in [-0.2, -0.15) is 0 Å². The van der Waals surface area contributed by atoms with E-state index in [1.54, 1.807) is 6.07 Å². The monoisotopic (exact) mass is 401 g/mol. The van der Waals surface area contributed by atoms with Gasteiger partial charge in [-0.25, -0.2) is 9.18 Å². The number of hydrogen-bond donors (Lipinski definition) is 0. The maximum Gasteiger partial charge on any atom is 0.333 e. The Morgan fingerprint density at radius 1 is 1.14 bits per heavy atom. The summed E-state index contributed by atoms with van der Waals surface area (Å²) in [7, 11) is 2.61. The van der Waals surface area contributed by atoms with Gasteiger partial charge in [0, 0.05) is 37.4 Å². The normalized spacial score (nSPS) is 21.6. The van der Waals surface area contributed by atoms with Crippen LogP contribution in [0.3, 0.4) is 0 Å². The van der Waals surface area contributed by atoms with Gasteiger partial charge in [0.25, 0.3) is 11.8 Å². The molecule has 1 aromatic rings. The number of amides is 4. The van der Waals surface area contributed by atoms with Gasteiger partial charge in [0.2, 0.25) is 0 Å². The second-order valence-electron chi connectivity index (χ2n) is 8.57. The van der Waals surface area contributed by atoms with Gasteiger partial charge in [-0.3, -0.25) is 19.4 Å². The molecule has 3 rings (SSSR count). The fourth-order valence-corrected chi connectivity index (χ4v) is 4.41. The molecule has 0 N–H and O–H groups in total. The number of urea groups is 1. The highest BCUT2D eigenvalue weighted by Gasteiger charge is 2.39.